The minimum absolute atomic E-state index is 0.0146. The Morgan fingerprint density at radius 2 is 2.00 bits per heavy atom. The average Bonchev–Trinajstić information content (AvgIpc) is 2.96. The molecule has 6 nitrogen and oxygen atoms in total. The van der Waals surface area contributed by atoms with E-state index in [0.29, 0.717) is 43.5 Å². The molecule has 0 N–H and O–H groups in total. The summed E-state index contributed by atoms with van der Waals surface area (Å²) in [5.41, 5.74) is 1.86. The lowest BCUT2D eigenvalue weighted by atomic mass is 10.2. The van der Waals surface area contributed by atoms with Crippen LogP contribution in [0.3, 0.4) is 0 Å². The third kappa shape index (κ3) is 6.47. The number of carbonyl (C=O) groups excluding carboxylic acids is 1. The first-order valence-electron chi connectivity index (χ1n) is 9.23. The molecule has 2 aromatic rings. The van der Waals surface area contributed by atoms with Gasteiger partial charge in [-0.2, -0.15) is 0 Å². The van der Waals surface area contributed by atoms with Gasteiger partial charge in [-0.05, 0) is 46.2 Å². The van der Waals surface area contributed by atoms with Crippen LogP contribution in [0.1, 0.15) is 45.4 Å². The van der Waals surface area contributed by atoms with Crippen LogP contribution in [0.2, 0.25) is 5.02 Å². The quantitative estimate of drug-likeness (QED) is 0.563. The summed E-state index contributed by atoms with van der Waals surface area (Å²) in [6.07, 6.45) is 0.825. The lowest BCUT2D eigenvalue weighted by Gasteiger charge is -2.12. The van der Waals surface area contributed by atoms with Crippen LogP contribution in [0.5, 0.6) is 11.6 Å². The first-order chi connectivity index (χ1) is 12.9. The molecule has 1 aromatic carbocycles. The van der Waals surface area contributed by atoms with Gasteiger partial charge in [0.1, 0.15) is 5.75 Å². The van der Waals surface area contributed by atoms with E-state index in [0.717, 1.165) is 17.0 Å². The van der Waals surface area contributed by atoms with Crippen LogP contribution in [0.4, 0.5) is 0 Å². The van der Waals surface area contributed by atoms with E-state index in [4.69, 9.17) is 25.8 Å². The molecule has 0 bridgehead atoms. The average molecular weight is 395 g/mol. The van der Waals surface area contributed by atoms with Gasteiger partial charge in [0.25, 0.3) is 0 Å². The fraction of sp³-hybridized carbons (Fsp3) is 0.500. The summed E-state index contributed by atoms with van der Waals surface area (Å²) in [5, 5.41) is 5.17. The molecule has 0 atom stereocenters. The van der Waals surface area contributed by atoms with Crippen LogP contribution >= 0.6 is 11.6 Å². The largest absolute Gasteiger partial charge is 0.493 e. The number of ether oxygens (including phenoxy) is 3. The van der Waals surface area contributed by atoms with Gasteiger partial charge in [0.2, 0.25) is 5.88 Å². The Morgan fingerprint density at radius 3 is 2.67 bits per heavy atom. The molecule has 0 aliphatic rings. The highest BCUT2D eigenvalue weighted by atomic mass is 35.5. The van der Waals surface area contributed by atoms with Gasteiger partial charge in [-0.25, -0.2) is 0 Å². The van der Waals surface area contributed by atoms with Crippen molar-refractivity contribution in [2.24, 2.45) is 0 Å². The standard InChI is InChI=1S/C20H27ClN2O4/c1-5-25-18-11-16(21)8-7-15(18)13-23-17(9-10-20(24)26-6-2)12-19(22-23)27-14(3)4/h7-8,11-12,14H,5-6,9-10,13H2,1-4H3. The normalized spacial score (nSPS) is 10.9. The van der Waals surface area contributed by atoms with Gasteiger partial charge in [0.15, 0.2) is 0 Å². The van der Waals surface area contributed by atoms with E-state index in [1.807, 2.05) is 43.7 Å². The van der Waals surface area contributed by atoms with Crippen LogP contribution in [0, 0.1) is 0 Å². The maximum absolute atomic E-state index is 11.7. The van der Waals surface area contributed by atoms with E-state index < -0.39 is 0 Å². The molecule has 0 fully saturated rings. The van der Waals surface area contributed by atoms with Gasteiger partial charge in [-0.1, -0.05) is 17.7 Å². The maximum atomic E-state index is 11.7. The zero-order valence-electron chi connectivity index (χ0n) is 16.3. The first-order valence-corrected chi connectivity index (χ1v) is 9.60. The number of carbonyl (C=O) groups is 1. The smallest absolute Gasteiger partial charge is 0.306 e. The van der Waals surface area contributed by atoms with Gasteiger partial charge < -0.3 is 14.2 Å². The highest BCUT2D eigenvalue weighted by Crippen LogP contribution is 2.26. The number of nitrogens with zero attached hydrogens (tertiary/aromatic N) is 2. The second-order valence-corrected chi connectivity index (χ2v) is 6.72. The Balaban J connectivity index is 2.25. The molecule has 0 aliphatic heterocycles. The highest BCUT2D eigenvalue weighted by Gasteiger charge is 2.15. The molecule has 2 rings (SSSR count). The highest BCUT2D eigenvalue weighted by molar-refractivity contribution is 6.30. The maximum Gasteiger partial charge on any atom is 0.306 e. The molecular formula is C20H27ClN2O4. The van der Waals surface area contributed by atoms with Gasteiger partial charge >= 0.3 is 5.97 Å². The zero-order valence-corrected chi connectivity index (χ0v) is 17.1. The van der Waals surface area contributed by atoms with Crippen LogP contribution in [-0.4, -0.2) is 35.1 Å². The van der Waals surface area contributed by atoms with Crippen molar-refractivity contribution in [3.8, 4) is 11.6 Å². The minimum atomic E-state index is -0.224. The predicted octanol–water partition coefficient (Wildman–Crippen LogP) is 4.27. The van der Waals surface area contributed by atoms with Crippen LogP contribution in [0.25, 0.3) is 0 Å². The molecule has 0 saturated heterocycles. The summed E-state index contributed by atoms with van der Waals surface area (Å²) in [4.78, 5) is 11.7. The number of rotatable bonds is 10. The van der Waals surface area contributed by atoms with E-state index in [1.54, 1.807) is 13.0 Å². The number of hydrogen-bond donors (Lipinski definition) is 0. The topological polar surface area (TPSA) is 62.6 Å². The first kappa shape index (κ1) is 21.1. The summed E-state index contributed by atoms with van der Waals surface area (Å²) >= 11 is 6.09. The molecule has 0 aliphatic carbocycles. The monoisotopic (exact) mass is 394 g/mol. The molecular weight excluding hydrogens is 368 g/mol. The van der Waals surface area contributed by atoms with Gasteiger partial charge in [0.05, 0.1) is 32.3 Å². The van der Waals surface area contributed by atoms with Crippen molar-refractivity contribution in [2.75, 3.05) is 13.2 Å². The summed E-state index contributed by atoms with van der Waals surface area (Å²) in [7, 11) is 0. The Hall–Kier alpha value is -2.21. The number of esters is 1. The summed E-state index contributed by atoms with van der Waals surface area (Å²) in [6, 6.07) is 7.42. The van der Waals surface area contributed by atoms with Crippen molar-refractivity contribution in [1.29, 1.82) is 0 Å². The van der Waals surface area contributed by atoms with E-state index in [1.165, 1.54) is 0 Å². The molecule has 0 radical (unpaired) electrons. The third-order valence-electron chi connectivity index (χ3n) is 3.74. The number of benzene rings is 1. The zero-order chi connectivity index (χ0) is 19.8. The van der Waals surface area contributed by atoms with Gasteiger partial charge in [-0.15, -0.1) is 5.10 Å². The molecule has 0 spiro atoms. The SMILES string of the molecule is CCOC(=O)CCc1cc(OC(C)C)nn1Cc1ccc(Cl)cc1OCC. The summed E-state index contributed by atoms with van der Waals surface area (Å²) in [5.74, 6) is 1.04. The lowest BCUT2D eigenvalue weighted by Crippen LogP contribution is -2.11. The van der Waals surface area contributed by atoms with Crippen LogP contribution in [-0.2, 0) is 22.5 Å². The molecule has 1 heterocycles. The lowest BCUT2D eigenvalue weighted by molar-refractivity contribution is -0.143. The second-order valence-electron chi connectivity index (χ2n) is 6.29. The van der Waals surface area contributed by atoms with E-state index >= 15 is 0 Å². The van der Waals surface area contributed by atoms with E-state index in [2.05, 4.69) is 5.10 Å². The Labute approximate surface area is 165 Å². The van der Waals surface area contributed by atoms with Gasteiger partial charge in [-0.3, -0.25) is 9.48 Å². The van der Waals surface area contributed by atoms with Gasteiger partial charge in [0, 0.05) is 22.3 Å². The van der Waals surface area contributed by atoms with E-state index in [-0.39, 0.29) is 12.1 Å². The third-order valence-corrected chi connectivity index (χ3v) is 3.97. The Bertz CT molecular complexity index is 758. The Kier molecular flexibility index (Phi) is 7.98. The Morgan fingerprint density at radius 1 is 1.22 bits per heavy atom. The number of aromatic nitrogens is 2. The van der Waals surface area contributed by atoms with Crippen molar-refractivity contribution in [1.82, 2.24) is 9.78 Å². The predicted molar refractivity (Wildman–Crippen MR) is 105 cm³/mol. The molecule has 0 amide bonds. The minimum Gasteiger partial charge on any atom is -0.493 e. The van der Waals surface area contributed by atoms with Crippen LogP contribution < -0.4 is 9.47 Å². The van der Waals surface area contributed by atoms with Crippen molar-refractivity contribution >= 4 is 17.6 Å². The fourth-order valence-electron chi connectivity index (χ4n) is 2.64. The molecule has 0 saturated carbocycles. The molecule has 7 heteroatoms. The van der Waals surface area contributed by atoms with Crippen molar-refractivity contribution in [3.05, 3.63) is 40.5 Å². The van der Waals surface area contributed by atoms with Crippen LogP contribution in [0.15, 0.2) is 24.3 Å². The summed E-state index contributed by atoms with van der Waals surface area (Å²) < 4.78 is 18.3. The molecule has 1 aromatic heterocycles. The fourth-order valence-corrected chi connectivity index (χ4v) is 2.80. The van der Waals surface area contributed by atoms with E-state index in [9.17, 15) is 4.79 Å². The number of halogens is 1. The molecule has 148 valence electrons. The number of hydrogen-bond acceptors (Lipinski definition) is 5. The summed E-state index contributed by atoms with van der Waals surface area (Å²) in [6.45, 7) is 9.04. The molecule has 0 unspecified atom stereocenters. The number of aryl methyl sites for hydroxylation is 1. The van der Waals surface area contributed by atoms with Crippen molar-refractivity contribution in [2.45, 2.75) is 53.2 Å². The molecule has 27 heavy (non-hydrogen) atoms. The second kappa shape index (κ2) is 10.2. The van der Waals surface area contributed by atoms with Crippen molar-refractivity contribution < 1.29 is 19.0 Å². The van der Waals surface area contributed by atoms with Crippen molar-refractivity contribution in [3.63, 3.8) is 0 Å².